The fraction of sp³-hybridized carbons (Fsp3) is 0.500. The Morgan fingerprint density at radius 3 is 2.74 bits per heavy atom. The first kappa shape index (κ1) is 13.9. The largest absolute Gasteiger partial charge is 0.354 e. The lowest BCUT2D eigenvalue weighted by atomic mass is 10.1. The van der Waals surface area contributed by atoms with Gasteiger partial charge in [0.15, 0.2) is 0 Å². The second-order valence-electron chi connectivity index (χ2n) is 5.82. The van der Waals surface area contributed by atoms with Gasteiger partial charge in [0.1, 0.15) is 11.6 Å². The van der Waals surface area contributed by atoms with E-state index in [2.05, 4.69) is 5.32 Å². The van der Waals surface area contributed by atoms with Gasteiger partial charge in [0, 0.05) is 24.1 Å². The molecule has 3 N–H and O–H groups in total. The fourth-order valence-electron chi connectivity index (χ4n) is 2.08. The first-order chi connectivity index (χ1) is 8.78. The van der Waals surface area contributed by atoms with E-state index in [1.54, 1.807) is 0 Å². The molecule has 2 unspecified atom stereocenters. The highest BCUT2D eigenvalue weighted by atomic mass is 19.1. The van der Waals surface area contributed by atoms with Crippen LogP contribution in [0.15, 0.2) is 18.2 Å². The van der Waals surface area contributed by atoms with Crippen LogP contribution < -0.4 is 11.1 Å². The minimum absolute atomic E-state index is 0.118. The summed E-state index contributed by atoms with van der Waals surface area (Å²) in [6.45, 7) is 4.01. The average Bonchev–Trinajstić information content (AvgIpc) is 3.05. The average molecular weight is 268 g/mol. The second kappa shape index (κ2) is 4.89. The fourth-order valence-corrected chi connectivity index (χ4v) is 2.08. The number of rotatable bonds is 4. The molecule has 1 saturated carbocycles. The van der Waals surface area contributed by atoms with Gasteiger partial charge in [-0.3, -0.25) is 4.79 Å². The van der Waals surface area contributed by atoms with Gasteiger partial charge >= 0.3 is 0 Å². The van der Waals surface area contributed by atoms with E-state index < -0.39 is 17.2 Å². The van der Waals surface area contributed by atoms with E-state index in [-0.39, 0.29) is 17.7 Å². The molecule has 104 valence electrons. The number of hydrogen-bond acceptors (Lipinski definition) is 2. The number of carbonyl (C=O) groups excluding carboxylic acids is 1. The van der Waals surface area contributed by atoms with Crippen molar-refractivity contribution in [2.75, 3.05) is 6.54 Å². The van der Waals surface area contributed by atoms with Crippen LogP contribution in [0.25, 0.3) is 0 Å². The van der Waals surface area contributed by atoms with Crippen molar-refractivity contribution < 1.29 is 13.6 Å². The van der Waals surface area contributed by atoms with Crippen LogP contribution >= 0.6 is 0 Å². The smallest absolute Gasteiger partial charge is 0.223 e. The van der Waals surface area contributed by atoms with Crippen molar-refractivity contribution in [2.24, 2.45) is 11.7 Å². The van der Waals surface area contributed by atoms with Gasteiger partial charge in [0.25, 0.3) is 0 Å². The van der Waals surface area contributed by atoms with E-state index in [9.17, 15) is 13.6 Å². The van der Waals surface area contributed by atoms with Crippen molar-refractivity contribution in [3.8, 4) is 0 Å². The Morgan fingerprint density at radius 2 is 2.16 bits per heavy atom. The third-order valence-corrected chi connectivity index (χ3v) is 3.21. The van der Waals surface area contributed by atoms with Crippen LogP contribution in [0.2, 0.25) is 0 Å². The number of hydrogen-bond donors (Lipinski definition) is 2. The van der Waals surface area contributed by atoms with Crippen molar-refractivity contribution in [3.05, 3.63) is 35.4 Å². The Hall–Kier alpha value is -1.49. The van der Waals surface area contributed by atoms with Gasteiger partial charge < -0.3 is 11.1 Å². The van der Waals surface area contributed by atoms with Crippen molar-refractivity contribution in [1.29, 1.82) is 0 Å². The van der Waals surface area contributed by atoms with E-state index >= 15 is 0 Å². The lowest BCUT2D eigenvalue weighted by Gasteiger charge is -2.18. The zero-order valence-electron chi connectivity index (χ0n) is 11.0. The highest BCUT2D eigenvalue weighted by Gasteiger charge is 2.45. The van der Waals surface area contributed by atoms with Crippen molar-refractivity contribution in [3.63, 3.8) is 0 Å². The van der Waals surface area contributed by atoms with E-state index in [4.69, 9.17) is 5.73 Å². The van der Waals surface area contributed by atoms with Crippen molar-refractivity contribution >= 4 is 5.91 Å². The second-order valence-corrected chi connectivity index (χ2v) is 5.82. The summed E-state index contributed by atoms with van der Waals surface area (Å²) in [5, 5.41) is 2.75. The number of nitrogens with two attached hydrogens (primary N) is 1. The molecule has 2 atom stereocenters. The van der Waals surface area contributed by atoms with E-state index in [0.717, 1.165) is 6.07 Å². The van der Waals surface area contributed by atoms with Gasteiger partial charge in [0.05, 0.1) is 0 Å². The Morgan fingerprint density at radius 1 is 1.47 bits per heavy atom. The van der Waals surface area contributed by atoms with Gasteiger partial charge in [-0.15, -0.1) is 0 Å². The summed E-state index contributed by atoms with van der Waals surface area (Å²) in [5.41, 5.74) is 5.71. The third-order valence-electron chi connectivity index (χ3n) is 3.21. The first-order valence-corrected chi connectivity index (χ1v) is 6.29. The van der Waals surface area contributed by atoms with Crippen LogP contribution in [0.5, 0.6) is 0 Å². The molecule has 0 bridgehead atoms. The maximum absolute atomic E-state index is 13.6. The van der Waals surface area contributed by atoms with Gasteiger partial charge in [-0.05, 0) is 37.8 Å². The summed E-state index contributed by atoms with van der Waals surface area (Å²) in [5.74, 6) is -1.69. The maximum atomic E-state index is 13.6. The summed E-state index contributed by atoms with van der Waals surface area (Å²) < 4.78 is 26.4. The SMILES string of the molecule is CC(C)(N)CNC(=O)C1CC1c1ccc(F)cc1F. The van der Waals surface area contributed by atoms with Crippen LogP contribution in [0.3, 0.4) is 0 Å². The lowest BCUT2D eigenvalue weighted by Crippen LogP contribution is -2.45. The molecular weight excluding hydrogens is 250 g/mol. The van der Waals surface area contributed by atoms with Crippen LogP contribution in [0.4, 0.5) is 8.78 Å². The number of nitrogens with one attached hydrogen (secondary N) is 1. The highest BCUT2D eigenvalue weighted by molar-refractivity contribution is 5.83. The maximum Gasteiger partial charge on any atom is 0.223 e. The number of benzene rings is 1. The van der Waals surface area contributed by atoms with Crippen LogP contribution in [-0.2, 0) is 4.79 Å². The summed E-state index contributed by atoms with van der Waals surface area (Å²) >= 11 is 0. The Balaban J connectivity index is 1.95. The normalized spacial score (nSPS) is 22.2. The first-order valence-electron chi connectivity index (χ1n) is 6.29. The van der Waals surface area contributed by atoms with Crippen LogP contribution in [0, 0.1) is 17.6 Å². The Kier molecular flexibility index (Phi) is 3.58. The molecule has 1 fully saturated rings. The lowest BCUT2D eigenvalue weighted by molar-refractivity contribution is -0.122. The van der Waals surface area contributed by atoms with Gasteiger partial charge in [-0.25, -0.2) is 8.78 Å². The Labute approximate surface area is 111 Å². The molecule has 1 amide bonds. The summed E-state index contributed by atoms with van der Waals surface area (Å²) in [6.07, 6.45) is 0.597. The molecule has 0 aromatic heterocycles. The predicted octanol–water partition coefficient (Wildman–Crippen LogP) is 1.92. The van der Waals surface area contributed by atoms with Crippen LogP contribution in [-0.4, -0.2) is 18.0 Å². The summed E-state index contributed by atoms with van der Waals surface area (Å²) in [7, 11) is 0. The van der Waals surface area contributed by atoms with Gasteiger partial charge in [-0.2, -0.15) is 0 Å². The molecule has 3 nitrogen and oxygen atoms in total. The van der Waals surface area contributed by atoms with Crippen molar-refractivity contribution in [2.45, 2.75) is 31.7 Å². The third kappa shape index (κ3) is 3.50. The quantitative estimate of drug-likeness (QED) is 0.876. The minimum atomic E-state index is -0.604. The number of halogens is 2. The van der Waals surface area contributed by atoms with E-state index in [1.807, 2.05) is 13.8 Å². The molecule has 0 aliphatic heterocycles. The topological polar surface area (TPSA) is 55.1 Å². The Bertz CT molecular complexity index is 497. The predicted molar refractivity (Wildman–Crippen MR) is 68.5 cm³/mol. The molecule has 1 aliphatic carbocycles. The molecule has 0 radical (unpaired) electrons. The zero-order valence-corrected chi connectivity index (χ0v) is 11.0. The van der Waals surface area contributed by atoms with Gasteiger partial charge in [-0.1, -0.05) is 6.07 Å². The number of amides is 1. The molecule has 1 aromatic rings. The highest BCUT2D eigenvalue weighted by Crippen LogP contribution is 2.48. The molecular formula is C14H18F2N2O. The van der Waals surface area contributed by atoms with Crippen molar-refractivity contribution in [1.82, 2.24) is 5.32 Å². The monoisotopic (exact) mass is 268 g/mol. The van der Waals surface area contributed by atoms with E-state index in [0.29, 0.717) is 18.5 Å². The van der Waals surface area contributed by atoms with E-state index in [1.165, 1.54) is 12.1 Å². The molecule has 1 aromatic carbocycles. The van der Waals surface area contributed by atoms with Crippen LogP contribution in [0.1, 0.15) is 31.7 Å². The molecule has 0 saturated heterocycles. The number of carbonyl (C=O) groups is 1. The minimum Gasteiger partial charge on any atom is -0.354 e. The molecule has 19 heavy (non-hydrogen) atoms. The summed E-state index contributed by atoms with van der Waals surface area (Å²) in [6, 6.07) is 3.48. The molecule has 2 rings (SSSR count). The summed E-state index contributed by atoms with van der Waals surface area (Å²) in [4.78, 5) is 11.9. The molecule has 5 heteroatoms. The van der Waals surface area contributed by atoms with Gasteiger partial charge in [0.2, 0.25) is 5.91 Å². The molecule has 0 heterocycles. The molecule has 0 spiro atoms. The molecule has 1 aliphatic rings. The zero-order chi connectivity index (χ0) is 14.2. The standard InChI is InChI=1S/C14H18F2N2O/c1-14(2,17)7-18-13(19)11-6-10(11)9-4-3-8(15)5-12(9)16/h3-5,10-11H,6-7,17H2,1-2H3,(H,18,19).